The number of aromatic amines is 1. The summed E-state index contributed by atoms with van der Waals surface area (Å²) < 4.78 is 0. The largest absolute Gasteiger partial charge is 0.360 e. The Hall–Kier alpha value is -1.77. The molecule has 1 aliphatic rings. The van der Waals surface area contributed by atoms with Gasteiger partial charge < -0.3 is 9.88 Å². The van der Waals surface area contributed by atoms with Gasteiger partial charge in [-0.05, 0) is 29.8 Å². The highest BCUT2D eigenvalue weighted by Crippen LogP contribution is 2.34. The first-order valence-corrected chi connectivity index (χ1v) is 7.63. The Balaban J connectivity index is 1.84. The van der Waals surface area contributed by atoms with Crippen molar-refractivity contribution < 1.29 is 0 Å². The van der Waals surface area contributed by atoms with Gasteiger partial charge in [-0.15, -0.1) is 0 Å². The van der Waals surface area contributed by atoms with E-state index in [-0.39, 0.29) is 0 Å². The summed E-state index contributed by atoms with van der Waals surface area (Å²) in [4.78, 5) is 5.64. The minimum Gasteiger partial charge on any atom is -0.360 e. The number of rotatable bonds is 1. The fourth-order valence-corrected chi connectivity index (χ4v) is 3.61. The van der Waals surface area contributed by atoms with Gasteiger partial charge in [0.05, 0.1) is 5.02 Å². The van der Waals surface area contributed by atoms with Crippen LogP contribution in [0, 0.1) is 0 Å². The SMILES string of the molecule is CN1Cc2ccccc2C(c2ccc3c(Cl)c[nH]c3c2)C1. The van der Waals surface area contributed by atoms with Gasteiger partial charge in [-0.3, -0.25) is 0 Å². The van der Waals surface area contributed by atoms with Gasteiger partial charge in [0.2, 0.25) is 0 Å². The fraction of sp³-hybridized carbons (Fsp3) is 0.222. The Morgan fingerprint density at radius 1 is 1.19 bits per heavy atom. The number of nitrogens with one attached hydrogen (secondary N) is 1. The lowest BCUT2D eigenvalue weighted by atomic mass is 9.84. The van der Waals surface area contributed by atoms with Gasteiger partial charge in [0.1, 0.15) is 0 Å². The van der Waals surface area contributed by atoms with Crippen LogP contribution in [-0.4, -0.2) is 23.5 Å². The van der Waals surface area contributed by atoms with E-state index in [1.807, 2.05) is 6.20 Å². The summed E-state index contributed by atoms with van der Waals surface area (Å²) in [6.45, 7) is 2.08. The van der Waals surface area contributed by atoms with Gasteiger partial charge in [0.15, 0.2) is 0 Å². The van der Waals surface area contributed by atoms with Crippen LogP contribution in [0.25, 0.3) is 10.9 Å². The molecule has 3 aromatic rings. The molecule has 0 saturated heterocycles. The number of halogens is 1. The zero-order chi connectivity index (χ0) is 14.4. The Morgan fingerprint density at radius 3 is 2.95 bits per heavy atom. The third-order valence-electron chi connectivity index (χ3n) is 4.42. The maximum Gasteiger partial charge on any atom is 0.0659 e. The lowest BCUT2D eigenvalue weighted by Crippen LogP contribution is -2.30. The lowest BCUT2D eigenvalue weighted by molar-refractivity contribution is 0.295. The molecule has 4 rings (SSSR count). The van der Waals surface area contributed by atoms with Crippen LogP contribution in [0.2, 0.25) is 5.02 Å². The van der Waals surface area contributed by atoms with Gasteiger partial charge in [-0.1, -0.05) is 48.0 Å². The molecule has 0 bridgehead atoms. The molecule has 1 N–H and O–H groups in total. The Bertz CT molecular complexity index is 806. The number of hydrogen-bond acceptors (Lipinski definition) is 1. The van der Waals surface area contributed by atoms with Crippen LogP contribution in [0.15, 0.2) is 48.7 Å². The Kier molecular flexibility index (Phi) is 3.02. The second-order valence-corrected chi connectivity index (χ2v) is 6.30. The molecule has 1 atom stereocenters. The minimum atomic E-state index is 0.423. The number of fused-ring (bicyclic) bond motifs is 2. The second kappa shape index (κ2) is 4.90. The number of benzene rings is 2. The summed E-state index contributed by atoms with van der Waals surface area (Å²) in [5.74, 6) is 0.423. The number of nitrogens with zero attached hydrogens (tertiary/aromatic N) is 1. The van der Waals surface area contributed by atoms with Crippen molar-refractivity contribution in [3.05, 3.63) is 70.4 Å². The van der Waals surface area contributed by atoms with Crippen LogP contribution in [0.5, 0.6) is 0 Å². The smallest absolute Gasteiger partial charge is 0.0659 e. The van der Waals surface area contributed by atoms with E-state index in [4.69, 9.17) is 11.6 Å². The molecule has 0 fully saturated rings. The van der Waals surface area contributed by atoms with Crippen molar-refractivity contribution in [3.63, 3.8) is 0 Å². The average molecular weight is 297 g/mol. The van der Waals surface area contributed by atoms with E-state index in [9.17, 15) is 0 Å². The third-order valence-corrected chi connectivity index (χ3v) is 4.74. The van der Waals surface area contributed by atoms with Gasteiger partial charge in [0.25, 0.3) is 0 Å². The van der Waals surface area contributed by atoms with Crippen molar-refractivity contribution >= 4 is 22.5 Å². The molecule has 2 aromatic carbocycles. The lowest BCUT2D eigenvalue weighted by Gasteiger charge is -2.32. The van der Waals surface area contributed by atoms with E-state index in [0.29, 0.717) is 5.92 Å². The van der Waals surface area contributed by atoms with Crippen LogP contribution >= 0.6 is 11.6 Å². The zero-order valence-electron chi connectivity index (χ0n) is 11.9. The first kappa shape index (κ1) is 12.9. The molecule has 1 aliphatic heterocycles. The molecule has 0 radical (unpaired) electrons. The monoisotopic (exact) mass is 296 g/mol. The van der Waals surface area contributed by atoms with Crippen molar-refractivity contribution in [2.75, 3.05) is 13.6 Å². The summed E-state index contributed by atoms with van der Waals surface area (Å²) >= 11 is 6.18. The molecular weight excluding hydrogens is 280 g/mol. The molecule has 1 unspecified atom stereocenters. The van der Waals surface area contributed by atoms with E-state index in [2.05, 4.69) is 59.4 Å². The van der Waals surface area contributed by atoms with E-state index in [1.54, 1.807) is 0 Å². The average Bonchev–Trinajstić information content (AvgIpc) is 2.87. The maximum atomic E-state index is 6.18. The predicted molar refractivity (Wildman–Crippen MR) is 87.9 cm³/mol. The normalized spacial score (nSPS) is 18.9. The summed E-state index contributed by atoms with van der Waals surface area (Å²) in [5, 5.41) is 1.88. The summed E-state index contributed by atoms with van der Waals surface area (Å²) in [6.07, 6.45) is 1.86. The first-order chi connectivity index (χ1) is 10.2. The standard InChI is InChI=1S/C18H17ClN2/c1-21-10-13-4-2-3-5-14(13)16(11-21)12-6-7-15-17(19)9-20-18(15)8-12/h2-9,16,20H,10-11H2,1H3. The van der Waals surface area contributed by atoms with Gasteiger partial charge >= 0.3 is 0 Å². The molecule has 0 spiro atoms. The van der Waals surface area contributed by atoms with Crippen LogP contribution < -0.4 is 0 Å². The number of hydrogen-bond donors (Lipinski definition) is 1. The Labute approximate surface area is 129 Å². The molecule has 0 aliphatic carbocycles. The van der Waals surface area contributed by atoms with Crippen molar-refractivity contribution in [2.24, 2.45) is 0 Å². The van der Waals surface area contributed by atoms with Crippen LogP contribution in [0.1, 0.15) is 22.6 Å². The highest BCUT2D eigenvalue weighted by atomic mass is 35.5. The molecule has 2 nitrogen and oxygen atoms in total. The quantitative estimate of drug-likeness (QED) is 0.705. The highest BCUT2D eigenvalue weighted by molar-refractivity contribution is 6.35. The van der Waals surface area contributed by atoms with Gasteiger partial charge in [-0.25, -0.2) is 0 Å². The topological polar surface area (TPSA) is 19.0 Å². The number of aromatic nitrogens is 1. The first-order valence-electron chi connectivity index (χ1n) is 7.25. The van der Waals surface area contributed by atoms with E-state index in [0.717, 1.165) is 29.0 Å². The number of H-pyrrole nitrogens is 1. The highest BCUT2D eigenvalue weighted by Gasteiger charge is 2.24. The Morgan fingerprint density at radius 2 is 2.05 bits per heavy atom. The molecule has 0 amide bonds. The minimum absolute atomic E-state index is 0.423. The van der Waals surface area contributed by atoms with E-state index < -0.39 is 0 Å². The summed E-state index contributed by atoms with van der Waals surface area (Å²) in [7, 11) is 2.19. The molecule has 2 heterocycles. The van der Waals surface area contributed by atoms with Crippen molar-refractivity contribution in [1.29, 1.82) is 0 Å². The van der Waals surface area contributed by atoms with E-state index >= 15 is 0 Å². The molecule has 0 saturated carbocycles. The van der Waals surface area contributed by atoms with E-state index in [1.165, 1.54) is 16.7 Å². The van der Waals surface area contributed by atoms with Crippen molar-refractivity contribution in [2.45, 2.75) is 12.5 Å². The summed E-state index contributed by atoms with van der Waals surface area (Å²) in [5.41, 5.74) is 5.34. The zero-order valence-corrected chi connectivity index (χ0v) is 12.7. The van der Waals surface area contributed by atoms with Crippen LogP contribution in [0.3, 0.4) is 0 Å². The van der Waals surface area contributed by atoms with Crippen LogP contribution in [-0.2, 0) is 6.54 Å². The number of likely N-dealkylation sites (N-methyl/N-ethyl adjacent to an activating group) is 1. The van der Waals surface area contributed by atoms with Gasteiger partial charge in [-0.2, -0.15) is 0 Å². The molecular formula is C18H17ClN2. The third kappa shape index (κ3) is 2.15. The fourth-order valence-electron chi connectivity index (χ4n) is 3.39. The summed E-state index contributed by atoms with van der Waals surface area (Å²) in [6, 6.07) is 15.3. The van der Waals surface area contributed by atoms with Crippen molar-refractivity contribution in [3.8, 4) is 0 Å². The molecule has 3 heteroatoms. The van der Waals surface area contributed by atoms with Crippen LogP contribution in [0.4, 0.5) is 0 Å². The molecule has 106 valence electrons. The second-order valence-electron chi connectivity index (χ2n) is 5.89. The molecule has 21 heavy (non-hydrogen) atoms. The van der Waals surface area contributed by atoms with Gasteiger partial charge in [0, 0.05) is 36.1 Å². The maximum absolute atomic E-state index is 6.18. The van der Waals surface area contributed by atoms with Crippen molar-refractivity contribution in [1.82, 2.24) is 9.88 Å². The molecule has 1 aromatic heterocycles. The predicted octanol–water partition coefficient (Wildman–Crippen LogP) is 4.40.